The third-order valence-corrected chi connectivity index (χ3v) is 8.30. The molecule has 0 radical (unpaired) electrons. The summed E-state index contributed by atoms with van der Waals surface area (Å²) in [5, 5.41) is -3.52. The molecule has 0 aliphatic carbocycles. The summed E-state index contributed by atoms with van der Waals surface area (Å²) < 4.78 is 278. The Bertz CT molecular complexity index is 4770. The number of fused-ring (bicyclic) bond motifs is 9. The molecule has 0 fully saturated rings. The monoisotopic (exact) mass is 680 g/mol. The van der Waals surface area contributed by atoms with Crippen molar-refractivity contribution in [1.82, 2.24) is 9.13 Å². The van der Waals surface area contributed by atoms with Gasteiger partial charge in [-0.3, -0.25) is 0 Å². The van der Waals surface area contributed by atoms with Gasteiger partial charge >= 0.3 is 0 Å². The van der Waals surface area contributed by atoms with Crippen LogP contribution < -0.4 is 0 Å². The van der Waals surface area contributed by atoms with E-state index >= 15 is 0 Å². The van der Waals surface area contributed by atoms with Crippen LogP contribution in [0.5, 0.6) is 0 Å². The van der Waals surface area contributed by atoms with Crippen molar-refractivity contribution in [2.75, 3.05) is 0 Å². The number of hydrogen-bond acceptors (Lipinski definition) is 1. The minimum Gasteiger partial charge on any atom is -0.456 e. The number of nitrogens with zero attached hydrogens (tertiary/aromatic N) is 2. The Balaban J connectivity index is 1.36. The average Bonchev–Trinajstić information content (AvgIpc) is 3.17. The molecule has 0 saturated carbocycles. The third-order valence-electron chi connectivity index (χ3n) is 8.30. The lowest BCUT2D eigenvalue weighted by Gasteiger charge is -2.11. The predicted octanol–water partition coefficient (Wildman–Crippen LogP) is 13.1. The summed E-state index contributed by atoms with van der Waals surface area (Å²) in [6.07, 6.45) is 0. The molecule has 3 heteroatoms. The smallest absolute Gasteiger partial charge is 0.137 e. The van der Waals surface area contributed by atoms with Gasteiger partial charge in [0.25, 0.3) is 0 Å². The predicted molar refractivity (Wildman–Crippen MR) is 213 cm³/mol. The highest BCUT2D eigenvalue weighted by molar-refractivity contribution is 6.16. The molecule has 8 aromatic carbocycles. The molecule has 0 N–H and O–H groups in total. The van der Waals surface area contributed by atoms with Crippen LogP contribution in [0.15, 0.2) is 186 Å². The molecule has 238 valence electrons. The van der Waals surface area contributed by atoms with Gasteiger partial charge in [0.05, 0.1) is 74.3 Å². The summed E-state index contributed by atoms with van der Waals surface area (Å²) in [4.78, 5) is 0. The van der Waals surface area contributed by atoms with E-state index < -0.39 is 280 Å². The van der Waals surface area contributed by atoms with E-state index in [9.17, 15) is 13.7 Å². The van der Waals surface area contributed by atoms with Crippen LogP contribution in [0.4, 0.5) is 0 Å². The van der Waals surface area contributed by atoms with E-state index in [0.29, 0.717) is 0 Å². The summed E-state index contributed by atoms with van der Waals surface area (Å²) in [6, 6.07) is -27.8. The lowest BCUT2D eigenvalue weighted by molar-refractivity contribution is 0.669. The van der Waals surface area contributed by atoms with Crippen LogP contribution in [0.2, 0.25) is 0 Å². The van der Waals surface area contributed by atoms with Gasteiger partial charge in [0.1, 0.15) is 11.2 Å². The van der Waals surface area contributed by atoms with Crippen LogP contribution in [0, 0.1) is 0 Å². The molecule has 0 amide bonds. The van der Waals surface area contributed by atoms with Crippen molar-refractivity contribution >= 4 is 65.6 Å². The maximum atomic E-state index is 10.0. The van der Waals surface area contributed by atoms with Crippen molar-refractivity contribution in [2.45, 2.75) is 0 Å². The molecule has 0 bridgehead atoms. The normalized spacial score (nSPS) is 20.2. The number of aromatic nitrogens is 2. The Hall–Kier alpha value is -6.84. The molecule has 3 aromatic heterocycles. The Labute approximate surface area is 336 Å². The SMILES string of the molecule is [2H]c1c([2H])c([2H])c(-c2c([2H])c([2H])c([2H])c(-c3c([2H])c([2H])c4oc5c([2H])c([2H])c([2H])c(-n6c7c([2H])c([2H])c([2H])c([2H])c7c7c([2H])c(-n8c9c([2H])c([2H])c([2H])c([2H])c9c9c([2H])c([2H])c([2H])c([2H])c98)c([2H])c([2H])c76)c5c4c3[2H])c2[2H])c([2H])c1[2H]. The largest absolute Gasteiger partial charge is 0.456 e. The molecule has 11 aromatic rings. The molecule has 51 heavy (non-hydrogen) atoms. The zero-order chi connectivity index (χ0) is 59.6. The number of furan rings is 1. The second kappa shape index (κ2) is 10.8. The van der Waals surface area contributed by atoms with Gasteiger partial charge in [0.2, 0.25) is 0 Å². The molecule has 11 rings (SSSR count). The van der Waals surface area contributed by atoms with E-state index in [-0.39, 0.29) is 0 Å². The van der Waals surface area contributed by atoms with Crippen molar-refractivity contribution in [3.63, 3.8) is 0 Å². The fraction of sp³-hybridized carbons (Fsp3) is 0. The first kappa shape index (κ1) is 11.6. The number of hydrogen-bond donors (Lipinski definition) is 0. The van der Waals surface area contributed by atoms with Crippen LogP contribution >= 0.6 is 0 Å². The quantitative estimate of drug-likeness (QED) is 0.181. The molecule has 0 spiro atoms. The molecule has 0 aliphatic rings. The third kappa shape index (κ3) is 4.19. The minimum atomic E-state index is -1.05. The second-order valence-corrected chi connectivity index (χ2v) is 11.0. The van der Waals surface area contributed by atoms with Gasteiger partial charge in [-0.1, -0.05) is 115 Å². The fourth-order valence-electron chi connectivity index (χ4n) is 6.18. The van der Waals surface area contributed by atoms with Crippen molar-refractivity contribution in [2.24, 2.45) is 0 Å². The van der Waals surface area contributed by atoms with Gasteiger partial charge in [-0.2, -0.15) is 0 Å². The molecule has 0 aliphatic heterocycles. The van der Waals surface area contributed by atoms with E-state index in [1.807, 2.05) is 0 Å². The molecule has 3 heterocycles. The van der Waals surface area contributed by atoms with E-state index in [1.165, 1.54) is 0 Å². The summed E-state index contributed by atoms with van der Waals surface area (Å²) >= 11 is 0. The highest BCUT2D eigenvalue weighted by atomic mass is 16.3. The maximum Gasteiger partial charge on any atom is 0.137 e. The molecule has 3 nitrogen and oxygen atoms in total. The van der Waals surface area contributed by atoms with Crippen molar-refractivity contribution in [3.05, 3.63) is 181 Å². The van der Waals surface area contributed by atoms with E-state index in [4.69, 9.17) is 31.8 Å². The van der Waals surface area contributed by atoms with Gasteiger partial charge in [0.15, 0.2) is 0 Å². The molecular weight excluding hydrogens is 621 g/mol. The van der Waals surface area contributed by atoms with Gasteiger partial charge in [0, 0.05) is 32.6 Å². The van der Waals surface area contributed by atoms with Crippen LogP contribution in [0.3, 0.4) is 0 Å². The van der Waals surface area contributed by atoms with Crippen LogP contribution in [-0.4, -0.2) is 9.13 Å². The molecule has 0 saturated heterocycles. The summed E-state index contributed by atoms with van der Waals surface area (Å²) in [5.74, 6) is 0. The Morgan fingerprint density at radius 2 is 0.922 bits per heavy atom. The van der Waals surface area contributed by atoms with Crippen LogP contribution in [0.25, 0.3) is 99.2 Å². The van der Waals surface area contributed by atoms with Crippen molar-refractivity contribution < 1.29 is 45.5 Å². The average molecular weight is 681 g/mol. The summed E-state index contributed by atoms with van der Waals surface area (Å²) in [6.45, 7) is 0. The number of para-hydroxylation sites is 3. The van der Waals surface area contributed by atoms with Gasteiger partial charge in [-0.25, -0.2) is 0 Å². The Morgan fingerprint density at radius 1 is 0.353 bits per heavy atom. The zero-order valence-electron chi connectivity index (χ0n) is 55.3. The zero-order valence-corrected chi connectivity index (χ0v) is 25.3. The van der Waals surface area contributed by atoms with Crippen LogP contribution in [-0.2, 0) is 0 Å². The van der Waals surface area contributed by atoms with Gasteiger partial charge < -0.3 is 13.6 Å². The standard InChI is InChI=1S/C48H30N2O/c1-2-12-31(13-3-1)32-14-10-15-33(28-32)34-24-27-46-40(29-34)48-45(22-11-23-47(48)51-46)50-43-21-9-6-18-38(43)39-30-35(25-26-44(39)50)49-41-19-7-4-16-36(41)37-17-5-8-20-42(37)49/h1-30H/i1D,2D,3D,4D,5D,6D,7D,8D,9D,10D,11D,12D,13D,14D,15D,16D,17D,18D,19D,20D,21D,22D,23D,24D,25D,26D,27D,28D,29D,30D. The first-order valence-electron chi connectivity index (χ1n) is 30.0. The van der Waals surface area contributed by atoms with E-state index in [2.05, 4.69) is 0 Å². The van der Waals surface area contributed by atoms with Crippen molar-refractivity contribution in [1.29, 1.82) is 0 Å². The van der Waals surface area contributed by atoms with Crippen LogP contribution in [0.1, 0.15) is 41.1 Å². The van der Waals surface area contributed by atoms with E-state index in [0.717, 1.165) is 9.13 Å². The highest BCUT2D eigenvalue weighted by Crippen LogP contribution is 2.41. The molecule has 0 unspecified atom stereocenters. The number of benzene rings is 8. The molecule has 0 atom stereocenters. The van der Waals surface area contributed by atoms with Gasteiger partial charge in [-0.05, 0) is 88.7 Å². The first-order valence-corrected chi connectivity index (χ1v) is 15.0. The summed E-state index contributed by atoms with van der Waals surface area (Å²) in [5.41, 5.74) is -8.85. The Kier molecular flexibility index (Phi) is 2.47. The van der Waals surface area contributed by atoms with E-state index in [1.54, 1.807) is 0 Å². The van der Waals surface area contributed by atoms with Gasteiger partial charge in [-0.15, -0.1) is 0 Å². The molecular formula is C48H30N2O. The summed E-state index contributed by atoms with van der Waals surface area (Å²) in [7, 11) is 0. The first-order chi connectivity index (χ1) is 37.8. The minimum absolute atomic E-state index is 0.477. The topological polar surface area (TPSA) is 23.0 Å². The highest BCUT2D eigenvalue weighted by Gasteiger charge is 2.20. The van der Waals surface area contributed by atoms with Crippen molar-refractivity contribution in [3.8, 4) is 33.6 Å². The fourth-order valence-corrected chi connectivity index (χ4v) is 6.18. The second-order valence-electron chi connectivity index (χ2n) is 11.0. The lowest BCUT2D eigenvalue weighted by atomic mass is 9.98. The lowest BCUT2D eigenvalue weighted by Crippen LogP contribution is -1.96. The maximum absolute atomic E-state index is 10.0. The number of rotatable bonds is 4. The Morgan fingerprint density at radius 3 is 1.67 bits per heavy atom.